The van der Waals surface area contributed by atoms with Gasteiger partial charge in [-0.1, -0.05) is 20.8 Å². The maximum absolute atomic E-state index is 12.0. The van der Waals surface area contributed by atoms with Gasteiger partial charge in [0.25, 0.3) is 0 Å². The molecular weight excluding hydrogens is 193 g/mol. The van der Waals surface area contributed by atoms with Gasteiger partial charge in [0.2, 0.25) is 0 Å². The minimum atomic E-state index is -4.10. The van der Waals surface area contributed by atoms with Crippen molar-refractivity contribution in [3.05, 3.63) is 0 Å². The van der Waals surface area contributed by atoms with Crippen molar-refractivity contribution in [3.63, 3.8) is 0 Å². The molecule has 1 unspecified atom stereocenters. The van der Waals surface area contributed by atoms with E-state index >= 15 is 0 Å². The van der Waals surface area contributed by atoms with E-state index in [1.165, 1.54) is 0 Å². The summed E-state index contributed by atoms with van der Waals surface area (Å²) in [5.74, 6) is 5.25. The van der Waals surface area contributed by atoms with Crippen LogP contribution in [0, 0.1) is 5.41 Å². The van der Waals surface area contributed by atoms with E-state index in [1.54, 1.807) is 0 Å². The van der Waals surface area contributed by atoms with E-state index in [1.807, 2.05) is 20.8 Å². The molecule has 0 aliphatic carbocycles. The molecule has 0 amide bonds. The van der Waals surface area contributed by atoms with Crippen LogP contribution in [-0.2, 0) is 0 Å². The van der Waals surface area contributed by atoms with Crippen molar-refractivity contribution < 1.29 is 13.2 Å². The lowest BCUT2D eigenvalue weighted by molar-refractivity contribution is -0.138. The maximum atomic E-state index is 12.0. The second kappa shape index (κ2) is 4.98. The molecule has 0 radical (unpaired) electrons. The number of hydrogen-bond acceptors (Lipinski definition) is 2. The van der Waals surface area contributed by atoms with Crippen molar-refractivity contribution in [1.82, 2.24) is 5.43 Å². The Kier molecular flexibility index (Phi) is 4.88. The van der Waals surface area contributed by atoms with Crippen LogP contribution in [0.25, 0.3) is 0 Å². The molecule has 0 aromatic rings. The van der Waals surface area contributed by atoms with Crippen LogP contribution in [0.1, 0.15) is 40.0 Å². The van der Waals surface area contributed by atoms with E-state index in [9.17, 15) is 13.2 Å². The zero-order chi connectivity index (χ0) is 11.4. The number of hydrazine groups is 1. The van der Waals surface area contributed by atoms with E-state index < -0.39 is 12.6 Å². The lowest BCUT2D eigenvalue weighted by Crippen LogP contribution is -2.46. The highest BCUT2D eigenvalue weighted by molar-refractivity contribution is 4.82. The first-order valence-electron chi connectivity index (χ1n) is 4.76. The van der Waals surface area contributed by atoms with Gasteiger partial charge in [0.1, 0.15) is 0 Å². The van der Waals surface area contributed by atoms with Crippen LogP contribution in [0.3, 0.4) is 0 Å². The van der Waals surface area contributed by atoms with E-state index in [-0.39, 0.29) is 17.9 Å². The van der Waals surface area contributed by atoms with E-state index in [4.69, 9.17) is 5.84 Å². The van der Waals surface area contributed by atoms with Crippen LogP contribution in [0.4, 0.5) is 13.2 Å². The molecule has 0 aliphatic rings. The van der Waals surface area contributed by atoms with Gasteiger partial charge in [-0.3, -0.25) is 11.3 Å². The third-order valence-electron chi connectivity index (χ3n) is 2.77. The molecule has 0 saturated carbocycles. The Labute approximate surface area is 83.0 Å². The molecular formula is C9H19F3N2. The first-order valence-corrected chi connectivity index (χ1v) is 4.76. The van der Waals surface area contributed by atoms with Crippen LogP contribution in [-0.4, -0.2) is 12.2 Å². The molecule has 86 valence electrons. The fraction of sp³-hybridized carbons (Fsp3) is 1.00. The smallest absolute Gasteiger partial charge is 0.271 e. The summed E-state index contributed by atoms with van der Waals surface area (Å²) in [6, 6.07) is -0.297. The quantitative estimate of drug-likeness (QED) is 0.543. The summed E-state index contributed by atoms with van der Waals surface area (Å²) in [4.78, 5) is 0. The molecule has 1 atom stereocenters. The Balaban J connectivity index is 4.17. The number of nitrogens with one attached hydrogen (secondary N) is 1. The van der Waals surface area contributed by atoms with Gasteiger partial charge >= 0.3 is 6.18 Å². The SMILES string of the molecule is CCC(C)(C)C(CCC(F)(F)F)NN. The van der Waals surface area contributed by atoms with Gasteiger partial charge in [0.15, 0.2) is 0 Å². The van der Waals surface area contributed by atoms with Crippen LogP contribution in [0.15, 0.2) is 0 Å². The second-order valence-corrected chi connectivity index (χ2v) is 4.22. The third kappa shape index (κ3) is 4.81. The van der Waals surface area contributed by atoms with Gasteiger partial charge in [-0.2, -0.15) is 13.2 Å². The van der Waals surface area contributed by atoms with Crippen molar-refractivity contribution in [2.24, 2.45) is 11.3 Å². The average molecular weight is 212 g/mol. The molecule has 0 fully saturated rings. The molecule has 0 spiro atoms. The predicted octanol–water partition coefficient (Wildman–Crippen LogP) is 2.60. The second-order valence-electron chi connectivity index (χ2n) is 4.22. The number of halogens is 3. The summed E-state index contributed by atoms with van der Waals surface area (Å²) >= 11 is 0. The van der Waals surface area contributed by atoms with E-state index in [0.717, 1.165) is 6.42 Å². The molecule has 2 nitrogen and oxygen atoms in total. The summed E-state index contributed by atoms with van der Waals surface area (Å²) in [6.45, 7) is 5.76. The Morgan fingerprint density at radius 1 is 1.29 bits per heavy atom. The highest BCUT2D eigenvalue weighted by Gasteiger charge is 2.33. The van der Waals surface area contributed by atoms with Gasteiger partial charge in [-0.15, -0.1) is 0 Å². The Morgan fingerprint density at radius 3 is 2.07 bits per heavy atom. The molecule has 3 N–H and O–H groups in total. The number of hydrogen-bond donors (Lipinski definition) is 2. The first kappa shape index (κ1) is 13.7. The highest BCUT2D eigenvalue weighted by Crippen LogP contribution is 2.30. The van der Waals surface area contributed by atoms with Gasteiger partial charge < -0.3 is 0 Å². The largest absolute Gasteiger partial charge is 0.389 e. The van der Waals surface area contributed by atoms with Crippen molar-refractivity contribution in [3.8, 4) is 0 Å². The molecule has 0 rings (SSSR count). The lowest BCUT2D eigenvalue weighted by Gasteiger charge is -2.33. The number of nitrogens with two attached hydrogens (primary N) is 1. The average Bonchev–Trinajstić information content (AvgIpc) is 2.03. The molecule has 5 heteroatoms. The highest BCUT2D eigenvalue weighted by atomic mass is 19.4. The van der Waals surface area contributed by atoms with Gasteiger partial charge in [-0.25, -0.2) is 0 Å². The molecule has 0 saturated heterocycles. The number of rotatable bonds is 5. The molecule has 14 heavy (non-hydrogen) atoms. The fourth-order valence-corrected chi connectivity index (χ4v) is 1.25. The monoisotopic (exact) mass is 212 g/mol. The molecule has 0 bridgehead atoms. The minimum Gasteiger partial charge on any atom is -0.271 e. The molecule has 0 heterocycles. The van der Waals surface area contributed by atoms with Gasteiger partial charge in [0, 0.05) is 12.5 Å². The van der Waals surface area contributed by atoms with Crippen LogP contribution in [0.2, 0.25) is 0 Å². The van der Waals surface area contributed by atoms with Gasteiger partial charge in [-0.05, 0) is 18.3 Å². The summed E-state index contributed by atoms with van der Waals surface area (Å²) < 4.78 is 35.9. The number of alkyl halides is 3. The van der Waals surface area contributed by atoms with Crippen molar-refractivity contribution in [1.29, 1.82) is 0 Å². The van der Waals surface area contributed by atoms with Crippen molar-refractivity contribution in [2.45, 2.75) is 52.3 Å². The molecule has 0 aromatic heterocycles. The first-order chi connectivity index (χ1) is 6.23. The topological polar surface area (TPSA) is 38.0 Å². The summed E-state index contributed by atoms with van der Waals surface area (Å²) in [6.07, 6.45) is -4.06. The van der Waals surface area contributed by atoms with Crippen molar-refractivity contribution in [2.75, 3.05) is 0 Å². The van der Waals surface area contributed by atoms with Crippen molar-refractivity contribution >= 4 is 0 Å². The fourth-order valence-electron chi connectivity index (χ4n) is 1.25. The van der Waals surface area contributed by atoms with E-state index in [0.29, 0.717) is 0 Å². The lowest BCUT2D eigenvalue weighted by atomic mass is 9.80. The zero-order valence-corrected chi connectivity index (χ0v) is 8.91. The molecule has 0 aromatic carbocycles. The Hall–Kier alpha value is -0.290. The Morgan fingerprint density at radius 2 is 1.79 bits per heavy atom. The normalized spacial score (nSPS) is 15.6. The predicted molar refractivity (Wildman–Crippen MR) is 50.5 cm³/mol. The van der Waals surface area contributed by atoms with Crippen LogP contribution >= 0.6 is 0 Å². The Bertz CT molecular complexity index is 166. The van der Waals surface area contributed by atoms with Crippen LogP contribution in [0.5, 0.6) is 0 Å². The third-order valence-corrected chi connectivity index (χ3v) is 2.77. The standard InChI is InChI=1S/C9H19F3N2/c1-4-8(2,3)7(14-13)5-6-9(10,11)12/h7,14H,4-6,13H2,1-3H3. The summed E-state index contributed by atoms with van der Waals surface area (Å²) in [5, 5.41) is 0. The summed E-state index contributed by atoms with van der Waals surface area (Å²) in [7, 11) is 0. The van der Waals surface area contributed by atoms with Gasteiger partial charge in [0.05, 0.1) is 0 Å². The van der Waals surface area contributed by atoms with Crippen LogP contribution < -0.4 is 11.3 Å². The molecule has 0 aliphatic heterocycles. The summed E-state index contributed by atoms with van der Waals surface area (Å²) in [5.41, 5.74) is 2.26. The minimum absolute atomic E-state index is 0.0286. The van der Waals surface area contributed by atoms with E-state index in [2.05, 4.69) is 5.43 Å². The maximum Gasteiger partial charge on any atom is 0.389 e. The zero-order valence-electron chi connectivity index (χ0n) is 8.91.